The molecule has 1 saturated heterocycles. The molecule has 0 saturated carbocycles. The van der Waals surface area contributed by atoms with Gasteiger partial charge in [0.25, 0.3) is 0 Å². The van der Waals surface area contributed by atoms with Crippen molar-refractivity contribution >= 4 is 69.7 Å². The molecule has 0 bridgehead atoms. The van der Waals surface area contributed by atoms with Crippen LogP contribution in [0.3, 0.4) is 0 Å². The molecule has 3 heterocycles. The quantitative estimate of drug-likeness (QED) is 0.0982. The minimum atomic E-state index is -0.658. The van der Waals surface area contributed by atoms with Crippen LogP contribution in [0, 0.1) is 13.8 Å². The first-order valence-electron chi connectivity index (χ1n) is 19.0. The first-order chi connectivity index (χ1) is 27.5. The number of aromatic nitrogens is 2. The average Bonchev–Trinajstić information content (AvgIpc) is 3.39. The maximum atomic E-state index is 12.2. The van der Waals surface area contributed by atoms with E-state index < -0.39 is 30.8 Å². The number of halogens is 3. The summed E-state index contributed by atoms with van der Waals surface area (Å²) in [7, 11) is 2.26. The van der Waals surface area contributed by atoms with Crippen molar-refractivity contribution in [1.82, 2.24) is 15.3 Å². The molecule has 318 valence electrons. The Morgan fingerprint density at radius 2 is 1.36 bits per heavy atom. The smallest absolute Gasteiger partial charge is 0.469 e. The number of alkyl carbamates (subject to hydrolysis) is 1. The molecule has 2 atom stereocenters. The predicted molar refractivity (Wildman–Crippen MR) is 237 cm³/mol. The molecule has 59 heavy (non-hydrogen) atoms. The highest BCUT2D eigenvalue weighted by molar-refractivity contribution is 9.10. The standard InChI is InChI=1S/C21H25ClN2O4.C16H24BNO4.C7H6BrCl/c1-13-7-6-8-16(22)19(13)15-9-14(11-23-12-15)17(10-18(25)27-5)24-20(26)28-21(2,3)4;1-11(7-14(19)20-6)12-8-13(10-18-9-12)17-21-15(2,3)16(4,5)22-17;1-5-3-2-4-6(9)7(5)8/h6-9,11-12,17H,10H2,1-5H3,(H,24,26);8-11H,7H2,1-6H3;2-4H,1H3/t17-;11-;/m00./s1. The van der Waals surface area contributed by atoms with E-state index in [2.05, 4.69) is 31.2 Å². The molecule has 2 aromatic heterocycles. The summed E-state index contributed by atoms with van der Waals surface area (Å²) in [4.78, 5) is 44.1. The summed E-state index contributed by atoms with van der Waals surface area (Å²) in [6.07, 6.45) is 6.45. The van der Waals surface area contributed by atoms with Gasteiger partial charge in [-0.2, -0.15) is 0 Å². The molecule has 0 radical (unpaired) electrons. The van der Waals surface area contributed by atoms with Crippen LogP contribution in [0.1, 0.15) is 102 Å². The van der Waals surface area contributed by atoms with Crippen molar-refractivity contribution in [1.29, 1.82) is 0 Å². The van der Waals surface area contributed by atoms with Crippen LogP contribution >= 0.6 is 39.1 Å². The number of carbonyl (C=O) groups is 3. The van der Waals surface area contributed by atoms with Crippen LogP contribution in [-0.4, -0.2) is 66.1 Å². The summed E-state index contributed by atoms with van der Waals surface area (Å²) in [6.45, 7) is 19.3. The molecule has 1 N–H and O–H groups in total. The van der Waals surface area contributed by atoms with Crippen LogP contribution in [0.15, 0.2) is 77.8 Å². The number of carbonyl (C=O) groups excluding carboxylic acids is 3. The van der Waals surface area contributed by atoms with E-state index in [1.165, 1.54) is 19.8 Å². The number of esters is 2. The van der Waals surface area contributed by atoms with Gasteiger partial charge in [-0.05, 0) is 125 Å². The van der Waals surface area contributed by atoms with Gasteiger partial charge in [0.05, 0.1) is 49.3 Å². The number of hydrogen-bond donors (Lipinski definition) is 1. The van der Waals surface area contributed by atoms with Crippen molar-refractivity contribution in [2.75, 3.05) is 14.2 Å². The molecule has 0 aliphatic carbocycles. The van der Waals surface area contributed by atoms with Gasteiger partial charge in [0.2, 0.25) is 0 Å². The molecule has 5 rings (SSSR count). The molecular weight excluding hydrogens is 860 g/mol. The number of amides is 1. The Balaban J connectivity index is 0.000000265. The molecule has 1 aliphatic heterocycles. The third kappa shape index (κ3) is 14.6. The van der Waals surface area contributed by atoms with Crippen molar-refractivity contribution in [2.24, 2.45) is 0 Å². The third-order valence-electron chi connectivity index (χ3n) is 9.68. The van der Waals surface area contributed by atoms with E-state index in [0.717, 1.165) is 37.2 Å². The Morgan fingerprint density at radius 3 is 1.90 bits per heavy atom. The van der Waals surface area contributed by atoms with Gasteiger partial charge in [0.15, 0.2) is 0 Å². The zero-order valence-corrected chi connectivity index (χ0v) is 39.0. The number of benzene rings is 2. The van der Waals surface area contributed by atoms with Gasteiger partial charge in [-0.1, -0.05) is 60.5 Å². The number of nitrogens with zero attached hydrogens (tertiary/aromatic N) is 2. The number of nitrogens with one attached hydrogen (secondary N) is 1. The number of ether oxygens (including phenoxy) is 3. The fourth-order valence-corrected chi connectivity index (χ4v) is 6.47. The van der Waals surface area contributed by atoms with E-state index in [9.17, 15) is 14.4 Å². The van der Waals surface area contributed by atoms with Gasteiger partial charge < -0.3 is 28.8 Å². The molecule has 4 aromatic rings. The molecule has 1 fully saturated rings. The first kappa shape index (κ1) is 49.4. The second kappa shape index (κ2) is 21.5. The van der Waals surface area contributed by atoms with Crippen molar-refractivity contribution in [3.63, 3.8) is 0 Å². The summed E-state index contributed by atoms with van der Waals surface area (Å²) in [5, 5.41) is 4.10. The Morgan fingerprint density at radius 1 is 0.814 bits per heavy atom. The zero-order valence-electron chi connectivity index (χ0n) is 35.9. The van der Waals surface area contributed by atoms with E-state index in [1.807, 2.05) is 90.9 Å². The van der Waals surface area contributed by atoms with Gasteiger partial charge in [-0.25, -0.2) is 4.79 Å². The van der Waals surface area contributed by atoms with Gasteiger partial charge in [-0.3, -0.25) is 19.6 Å². The molecule has 15 heteroatoms. The number of pyridine rings is 2. The number of methoxy groups -OCH3 is 2. The van der Waals surface area contributed by atoms with Crippen LogP contribution < -0.4 is 10.8 Å². The molecule has 11 nitrogen and oxygen atoms in total. The maximum Gasteiger partial charge on any atom is 0.496 e. The summed E-state index contributed by atoms with van der Waals surface area (Å²) in [5.74, 6) is -0.656. The Hall–Kier alpha value is -4.01. The van der Waals surface area contributed by atoms with E-state index in [1.54, 1.807) is 51.6 Å². The van der Waals surface area contributed by atoms with Crippen molar-refractivity contribution in [3.05, 3.63) is 110 Å². The van der Waals surface area contributed by atoms with Crippen LogP contribution in [-0.2, 0) is 33.1 Å². The lowest BCUT2D eigenvalue weighted by molar-refractivity contribution is -0.142. The van der Waals surface area contributed by atoms with E-state index in [0.29, 0.717) is 17.0 Å². The lowest BCUT2D eigenvalue weighted by Gasteiger charge is -2.32. The van der Waals surface area contributed by atoms with Crippen LogP contribution in [0.4, 0.5) is 4.79 Å². The third-order valence-corrected chi connectivity index (χ3v) is 11.6. The van der Waals surface area contributed by atoms with Gasteiger partial charge in [0.1, 0.15) is 5.60 Å². The lowest BCUT2D eigenvalue weighted by atomic mass is 9.79. The zero-order chi connectivity index (χ0) is 44.3. The normalized spacial score (nSPS) is 15.0. The molecule has 2 aromatic carbocycles. The molecule has 1 amide bonds. The summed E-state index contributed by atoms with van der Waals surface area (Å²) >= 11 is 15.5. The highest BCUT2D eigenvalue weighted by Crippen LogP contribution is 2.37. The minimum Gasteiger partial charge on any atom is -0.469 e. The van der Waals surface area contributed by atoms with Crippen molar-refractivity contribution in [2.45, 2.75) is 111 Å². The van der Waals surface area contributed by atoms with E-state index in [-0.39, 0.29) is 29.5 Å². The number of rotatable bonds is 9. The maximum absolute atomic E-state index is 12.2. The number of aryl methyl sites for hydroxylation is 2. The minimum absolute atomic E-state index is 0.0299. The SMILES string of the molecule is COC(=O)C[C@H](C)c1cncc(B2OC(C)(C)C(C)(C)O2)c1.COC(=O)C[C@H](NC(=O)OC(C)(C)C)c1cncc(-c2c(C)cccc2Cl)c1.Cc1cccc(Cl)c1Br. The molecule has 1 aliphatic rings. The van der Waals surface area contributed by atoms with Crippen molar-refractivity contribution < 1.29 is 37.9 Å². The highest BCUT2D eigenvalue weighted by atomic mass is 79.9. The monoisotopic (exact) mass is 913 g/mol. The summed E-state index contributed by atoms with van der Waals surface area (Å²) in [6, 6.07) is 14.6. The van der Waals surface area contributed by atoms with Gasteiger partial charge in [0, 0.05) is 50.9 Å². The summed E-state index contributed by atoms with van der Waals surface area (Å²) in [5.41, 5.74) is 4.87. The van der Waals surface area contributed by atoms with Gasteiger partial charge >= 0.3 is 25.2 Å². The van der Waals surface area contributed by atoms with Crippen molar-refractivity contribution in [3.8, 4) is 11.1 Å². The average molecular weight is 916 g/mol. The van der Waals surface area contributed by atoms with E-state index >= 15 is 0 Å². The Labute approximate surface area is 367 Å². The Bertz CT molecular complexity index is 2020. The fraction of sp³-hybridized carbons (Fsp3) is 0.432. The van der Waals surface area contributed by atoms with Gasteiger partial charge in [-0.15, -0.1) is 0 Å². The fourth-order valence-electron chi connectivity index (χ4n) is 5.65. The second-order valence-electron chi connectivity index (χ2n) is 16.1. The molecule has 0 unspecified atom stereocenters. The highest BCUT2D eigenvalue weighted by Gasteiger charge is 2.51. The van der Waals surface area contributed by atoms with E-state index in [4.69, 9.17) is 46.7 Å². The molecular formula is C44H55BBrCl2N3O8. The summed E-state index contributed by atoms with van der Waals surface area (Å²) < 4.78 is 27.9. The van der Waals surface area contributed by atoms with Crippen LogP contribution in [0.25, 0.3) is 11.1 Å². The largest absolute Gasteiger partial charge is 0.496 e. The second-order valence-corrected chi connectivity index (χ2v) is 17.7. The molecule has 0 spiro atoms. The lowest BCUT2D eigenvalue weighted by Crippen LogP contribution is -2.41. The van der Waals surface area contributed by atoms with Crippen LogP contribution in [0.5, 0.6) is 0 Å². The first-order valence-corrected chi connectivity index (χ1v) is 20.6. The topological polar surface area (TPSA) is 135 Å². The Kier molecular flexibility index (Phi) is 18.0. The van der Waals surface area contributed by atoms with Crippen LogP contribution in [0.2, 0.25) is 10.0 Å². The predicted octanol–water partition coefficient (Wildman–Crippen LogP) is 10.3. The number of hydrogen-bond acceptors (Lipinski definition) is 10.